The largest absolute Gasteiger partial charge is 0.497 e. The smallest absolute Gasteiger partial charge is 0.254 e. The molecule has 174 valence electrons. The molecule has 1 aromatic heterocycles. The maximum atomic E-state index is 13.6. The summed E-state index contributed by atoms with van der Waals surface area (Å²) >= 11 is 0. The average molecular weight is 448 g/mol. The first kappa shape index (κ1) is 24.1. The summed E-state index contributed by atoms with van der Waals surface area (Å²) < 4.78 is 7.29. The fourth-order valence-electron chi connectivity index (χ4n) is 3.71. The van der Waals surface area contributed by atoms with Gasteiger partial charge < -0.3 is 19.1 Å². The summed E-state index contributed by atoms with van der Waals surface area (Å²) in [5.74, 6) is 0.359. The van der Waals surface area contributed by atoms with Crippen LogP contribution in [0.5, 0.6) is 5.75 Å². The molecule has 1 unspecified atom stereocenters. The number of carbonyl (C=O) groups is 2. The van der Waals surface area contributed by atoms with E-state index in [-0.39, 0.29) is 24.4 Å². The van der Waals surface area contributed by atoms with E-state index < -0.39 is 0 Å². The molecule has 0 fully saturated rings. The Hall–Kier alpha value is -3.54. The van der Waals surface area contributed by atoms with Gasteiger partial charge >= 0.3 is 0 Å². The molecule has 0 N–H and O–H groups in total. The first-order chi connectivity index (χ1) is 15.9. The zero-order chi connectivity index (χ0) is 23.8. The lowest BCUT2D eigenvalue weighted by Gasteiger charge is -2.31. The maximum Gasteiger partial charge on any atom is 0.254 e. The molecule has 0 aliphatic carbocycles. The van der Waals surface area contributed by atoms with E-state index in [1.807, 2.05) is 79.0 Å². The number of ether oxygens (including phenoxy) is 1. The number of nitrogens with zero attached hydrogens (tertiary/aromatic N) is 3. The molecule has 0 saturated heterocycles. The summed E-state index contributed by atoms with van der Waals surface area (Å²) in [5.41, 5.74) is 2.60. The van der Waals surface area contributed by atoms with Crippen molar-refractivity contribution in [1.29, 1.82) is 0 Å². The van der Waals surface area contributed by atoms with Crippen LogP contribution in [0, 0.1) is 0 Å². The molecule has 1 heterocycles. The van der Waals surface area contributed by atoms with E-state index in [2.05, 4.69) is 0 Å². The van der Waals surface area contributed by atoms with Crippen LogP contribution in [0.2, 0.25) is 0 Å². The standard InChI is InChI=1S/C27H33N3O3/c1-5-21(2)30(27(32)23-13-9-15-25(17-23)33-4)20-26(31)29(18-22-11-7-6-8-12-22)19-24-14-10-16-28(24)3/h6-17,21H,5,18-20H2,1-4H3. The van der Waals surface area contributed by atoms with Crippen molar-refractivity contribution in [1.82, 2.24) is 14.4 Å². The second kappa shape index (κ2) is 11.4. The van der Waals surface area contributed by atoms with Gasteiger partial charge in [-0.1, -0.05) is 43.3 Å². The molecule has 1 atom stereocenters. The quantitative estimate of drug-likeness (QED) is 0.460. The summed E-state index contributed by atoms with van der Waals surface area (Å²) in [7, 11) is 3.54. The third-order valence-electron chi connectivity index (χ3n) is 5.98. The summed E-state index contributed by atoms with van der Waals surface area (Å²) in [4.78, 5) is 30.5. The zero-order valence-corrected chi connectivity index (χ0v) is 19.9. The van der Waals surface area contributed by atoms with Crippen molar-refractivity contribution in [2.45, 2.75) is 39.4 Å². The van der Waals surface area contributed by atoms with Crippen LogP contribution >= 0.6 is 0 Å². The van der Waals surface area contributed by atoms with Crippen LogP contribution in [0.1, 0.15) is 41.9 Å². The van der Waals surface area contributed by atoms with Gasteiger partial charge in [-0.15, -0.1) is 0 Å². The second-order valence-electron chi connectivity index (χ2n) is 8.27. The summed E-state index contributed by atoms with van der Waals surface area (Å²) in [6.45, 7) is 4.96. The molecule has 6 heteroatoms. The predicted molar refractivity (Wildman–Crippen MR) is 130 cm³/mol. The number of rotatable bonds is 10. The molecule has 0 saturated carbocycles. The third kappa shape index (κ3) is 6.25. The number of aryl methyl sites for hydroxylation is 1. The van der Waals surface area contributed by atoms with Crippen LogP contribution < -0.4 is 4.74 Å². The molecule has 33 heavy (non-hydrogen) atoms. The third-order valence-corrected chi connectivity index (χ3v) is 5.98. The lowest BCUT2D eigenvalue weighted by atomic mass is 10.1. The highest BCUT2D eigenvalue weighted by Gasteiger charge is 2.26. The Kier molecular flexibility index (Phi) is 8.30. The van der Waals surface area contributed by atoms with Crippen LogP contribution in [-0.4, -0.2) is 45.9 Å². The van der Waals surface area contributed by atoms with Crippen molar-refractivity contribution in [3.05, 3.63) is 89.7 Å². The maximum absolute atomic E-state index is 13.6. The molecule has 0 bridgehead atoms. The van der Waals surface area contributed by atoms with Gasteiger partial charge in [-0.05, 0) is 49.2 Å². The number of carbonyl (C=O) groups excluding carboxylic acids is 2. The van der Waals surface area contributed by atoms with Gasteiger partial charge in [-0.2, -0.15) is 0 Å². The van der Waals surface area contributed by atoms with Crippen molar-refractivity contribution in [2.75, 3.05) is 13.7 Å². The van der Waals surface area contributed by atoms with Gasteiger partial charge in [0.1, 0.15) is 12.3 Å². The molecule has 0 aliphatic rings. The summed E-state index contributed by atoms with van der Waals surface area (Å²) in [6.07, 6.45) is 2.72. The molecule has 0 spiro atoms. The van der Waals surface area contributed by atoms with Gasteiger partial charge in [0.25, 0.3) is 5.91 Å². The SMILES string of the molecule is CCC(C)N(CC(=O)N(Cc1ccccc1)Cc1cccn1C)C(=O)c1cccc(OC)c1. The fraction of sp³-hybridized carbons (Fsp3) is 0.333. The Balaban J connectivity index is 1.85. The van der Waals surface area contributed by atoms with Crippen LogP contribution in [0.25, 0.3) is 0 Å². The first-order valence-corrected chi connectivity index (χ1v) is 11.3. The van der Waals surface area contributed by atoms with Gasteiger partial charge in [0, 0.05) is 37.1 Å². The minimum Gasteiger partial charge on any atom is -0.497 e. The Morgan fingerprint density at radius 1 is 1.00 bits per heavy atom. The number of methoxy groups -OCH3 is 1. The molecule has 6 nitrogen and oxygen atoms in total. The van der Waals surface area contributed by atoms with Gasteiger partial charge in [-0.25, -0.2) is 0 Å². The van der Waals surface area contributed by atoms with Crippen molar-refractivity contribution in [3.63, 3.8) is 0 Å². The predicted octanol–water partition coefficient (Wildman–Crippen LogP) is 4.50. The molecular formula is C27H33N3O3. The number of aromatic nitrogens is 1. The lowest BCUT2D eigenvalue weighted by Crippen LogP contribution is -2.46. The topological polar surface area (TPSA) is 54.8 Å². The first-order valence-electron chi connectivity index (χ1n) is 11.3. The summed E-state index contributed by atoms with van der Waals surface area (Å²) in [5, 5.41) is 0. The molecule has 3 aromatic rings. The summed E-state index contributed by atoms with van der Waals surface area (Å²) in [6, 6.07) is 20.9. The molecule has 0 aliphatic heterocycles. The fourth-order valence-corrected chi connectivity index (χ4v) is 3.71. The highest BCUT2D eigenvalue weighted by atomic mass is 16.5. The van der Waals surface area contributed by atoms with Gasteiger partial charge in [0.05, 0.1) is 13.7 Å². The van der Waals surface area contributed by atoms with E-state index in [0.717, 1.165) is 17.7 Å². The van der Waals surface area contributed by atoms with Crippen molar-refractivity contribution >= 4 is 11.8 Å². The second-order valence-corrected chi connectivity index (χ2v) is 8.27. The number of benzene rings is 2. The Labute approximate surface area is 196 Å². The highest BCUT2D eigenvalue weighted by molar-refractivity contribution is 5.97. The van der Waals surface area contributed by atoms with E-state index in [4.69, 9.17) is 4.74 Å². The highest BCUT2D eigenvalue weighted by Crippen LogP contribution is 2.18. The normalized spacial score (nSPS) is 11.6. The number of hydrogen-bond donors (Lipinski definition) is 0. The van der Waals surface area contributed by atoms with Gasteiger partial charge in [0.2, 0.25) is 5.91 Å². The molecule has 3 rings (SSSR count). The molecular weight excluding hydrogens is 414 g/mol. The van der Waals surface area contributed by atoms with Gasteiger partial charge in [0.15, 0.2) is 0 Å². The average Bonchev–Trinajstić information content (AvgIpc) is 3.25. The van der Waals surface area contributed by atoms with E-state index in [1.54, 1.807) is 36.3 Å². The minimum absolute atomic E-state index is 0.0162. The lowest BCUT2D eigenvalue weighted by molar-refractivity contribution is -0.133. The number of amides is 2. The Morgan fingerprint density at radius 3 is 2.39 bits per heavy atom. The van der Waals surface area contributed by atoms with Crippen LogP contribution in [0.15, 0.2) is 72.9 Å². The molecule has 0 radical (unpaired) electrons. The zero-order valence-electron chi connectivity index (χ0n) is 19.9. The Morgan fingerprint density at radius 2 is 1.76 bits per heavy atom. The van der Waals surface area contributed by atoms with Crippen LogP contribution in [-0.2, 0) is 24.9 Å². The van der Waals surface area contributed by atoms with Crippen LogP contribution in [0.3, 0.4) is 0 Å². The number of hydrogen-bond acceptors (Lipinski definition) is 3. The monoisotopic (exact) mass is 447 g/mol. The molecule has 2 amide bonds. The van der Waals surface area contributed by atoms with E-state index in [9.17, 15) is 9.59 Å². The van der Waals surface area contributed by atoms with E-state index in [0.29, 0.717) is 24.4 Å². The molecule has 2 aromatic carbocycles. The van der Waals surface area contributed by atoms with E-state index >= 15 is 0 Å². The Bertz CT molecular complexity index is 1060. The van der Waals surface area contributed by atoms with E-state index in [1.165, 1.54) is 0 Å². The van der Waals surface area contributed by atoms with Gasteiger partial charge in [-0.3, -0.25) is 9.59 Å². The van der Waals surface area contributed by atoms with Crippen molar-refractivity contribution < 1.29 is 14.3 Å². The minimum atomic E-state index is -0.171. The van der Waals surface area contributed by atoms with Crippen molar-refractivity contribution in [2.24, 2.45) is 7.05 Å². The van der Waals surface area contributed by atoms with Crippen molar-refractivity contribution in [3.8, 4) is 5.75 Å². The van der Waals surface area contributed by atoms with Crippen LogP contribution in [0.4, 0.5) is 0 Å².